The molecule has 262 valence electrons. The number of hydrogen-bond donors (Lipinski definition) is 1. The maximum atomic E-state index is 14.5. The number of nitrogens with zero attached hydrogens (tertiary/aromatic N) is 5. The maximum absolute atomic E-state index is 14.5. The van der Waals surface area contributed by atoms with Crippen LogP contribution < -0.4 is 14.7 Å². The third kappa shape index (κ3) is 5.20. The molecule has 1 N–H and O–H groups in total. The van der Waals surface area contributed by atoms with Gasteiger partial charge in [-0.3, -0.25) is 24.1 Å². The molecule has 0 bridgehead atoms. The smallest absolute Gasteiger partial charge is 0.241 e. The lowest BCUT2D eigenvalue weighted by Gasteiger charge is -2.49. The number of carbonyl (C=O) groups is 4. The molecule has 8 rings (SSSR count). The van der Waals surface area contributed by atoms with Gasteiger partial charge in [0.05, 0.1) is 45.9 Å². The van der Waals surface area contributed by atoms with Gasteiger partial charge in [0, 0.05) is 35.7 Å². The number of hydrogen-bond acceptors (Lipinski definition) is 8. The van der Waals surface area contributed by atoms with E-state index in [0.717, 1.165) is 11.3 Å². The number of fused-ring (bicyclic) bond motifs is 4. The number of phenols is 1. The first-order chi connectivity index (χ1) is 25.0. The van der Waals surface area contributed by atoms with E-state index in [1.807, 2.05) is 55.4 Å². The summed E-state index contributed by atoms with van der Waals surface area (Å²) in [5.74, 6) is -4.67. The van der Waals surface area contributed by atoms with E-state index in [1.54, 1.807) is 73.7 Å². The van der Waals surface area contributed by atoms with Crippen molar-refractivity contribution < 1.29 is 24.3 Å². The number of para-hydroxylation sites is 1. The molecule has 4 aliphatic rings. The van der Waals surface area contributed by atoms with Crippen molar-refractivity contribution in [2.45, 2.75) is 25.7 Å². The Morgan fingerprint density at radius 2 is 1.40 bits per heavy atom. The van der Waals surface area contributed by atoms with Crippen LogP contribution in [0.5, 0.6) is 5.75 Å². The first kappa shape index (κ1) is 33.7. The van der Waals surface area contributed by atoms with Gasteiger partial charge < -0.3 is 10.0 Å². The number of aromatic hydroxyl groups is 1. The van der Waals surface area contributed by atoms with Crippen molar-refractivity contribution in [2.24, 2.45) is 39.3 Å². The Morgan fingerprint density at radius 3 is 2.06 bits per heavy atom. The van der Waals surface area contributed by atoms with E-state index in [4.69, 9.17) is 0 Å². The number of imide groups is 2. The molecule has 4 amide bonds. The molecule has 52 heavy (non-hydrogen) atoms. The van der Waals surface area contributed by atoms with Crippen molar-refractivity contribution >= 4 is 68.0 Å². The highest BCUT2D eigenvalue weighted by Gasteiger charge is 2.68. The molecule has 10 nitrogen and oxygen atoms in total. The van der Waals surface area contributed by atoms with Crippen LogP contribution in [0.4, 0.5) is 28.4 Å². The Balaban J connectivity index is 1.13. The second-order valence-electron chi connectivity index (χ2n) is 14.3. The molecule has 2 aliphatic heterocycles. The molecular formula is C41H36BrN5O5. The number of amides is 4. The van der Waals surface area contributed by atoms with Gasteiger partial charge in [-0.15, -0.1) is 0 Å². The molecule has 2 aliphatic carbocycles. The Kier molecular flexibility index (Phi) is 8.21. The average Bonchev–Trinajstić information content (AvgIpc) is 3.52. The summed E-state index contributed by atoms with van der Waals surface area (Å²) >= 11 is 3.53. The van der Waals surface area contributed by atoms with Crippen LogP contribution in [0.25, 0.3) is 0 Å². The highest BCUT2D eigenvalue weighted by molar-refractivity contribution is 9.10. The molecule has 2 heterocycles. The van der Waals surface area contributed by atoms with E-state index in [0.29, 0.717) is 39.2 Å². The van der Waals surface area contributed by atoms with Crippen LogP contribution in [0, 0.1) is 29.1 Å². The largest absolute Gasteiger partial charge is 0.508 e. The van der Waals surface area contributed by atoms with Crippen LogP contribution >= 0.6 is 15.9 Å². The standard InChI is InChI=1S/C41H36BrN5O5/c1-41-33(38(50)47(40(41)52)27-7-5-4-6-8-27)22-31-29(36(41)32-21-23(42)9-20-34(32)48)18-19-30-35(31)39(51)46(37(30)49)28-16-12-25(13-17-28)44-43-24-10-14-26(15-11-24)45(2)3/h4-18,20-21,30-31,33,35-36,48H,19,22H2,1-3H3/t30-,31+,33-,35-,36+,41+/m0/s1. The minimum atomic E-state index is -1.25. The molecule has 0 unspecified atom stereocenters. The summed E-state index contributed by atoms with van der Waals surface area (Å²) in [5.41, 5.74) is 3.28. The van der Waals surface area contributed by atoms with Crippen LogP contribution in [-0.4, -0.2) is 42.8 Å². The van der Waals surface area contributed by atoms with Crippen LogP contribution in [0.3, 0.4) is 0 Å². The SMILES string of the molecule is CN(C)c1ccc(N=Nc2ccc(N3C(=O)[C@H]4[C@H](CC=C5[C@H]4C[C@H]4C(=O)N(c6ccccc6)C(=O)[C@@]4(C)[C@H]5c4cc(Br)ccc4O)C3=O)cc2)cc1. The lowest BCUT2D eigenvalue weighted by Crippen LogP contribution is -2.48. The fraction of sp³-hybridized carbons (Fsp3) is 0.268. The van der Waals surface area contributed by atoms with Crippen molar-refractivity contribution in [3.63, 3.8) is 0 Å². The minimum Gasteiger partial charge on any atom is -0.508 e. The fourth-order valence-electron chi connectivity index (χ4n) is 8.79. The third-order valence-corrected chi connectivity index (χ3v) is 11.8. The van der Waals surface area contributed by atoms with Crippen LogP contribution in [0.15, 0.2) is 123 Å². The van der Waals surface area contributed by atoms with Crippen LogP contribution in [0.2, 0.25) is 0 Å². The summed E-state index contributed by atoms with van der Waals surface area (Å²) in [4.78, 5) is 61.9. The van der Waals surface area contributed by atoms with Gasteiger partial charge in [0.25, 0.3) is 0 Å². The van der Waals surface area contributed by atoms with E-state index >= 15 is 0 Å². The Bertz CT molecular complexity index is 2190. The molecule has 0 aromatic heterocycles. The summed E-state index contributed by atoms with van der Waals surface area (Å²) < 4.78 is 0.706. The van der Waals surface area contributed by atoms with Gasteiger partial charge >= 0.3 is 0 Å². The van der Waals surface area contributed by atoms with Gasteiger partial charge in [-0.05, 0) is 105 Å². The number of benzene rings is 4. The van der Waals surface area contributed by atoms with Crippen LogP contribution in [-0.2, 0) is 19.2 Å². The number of allylic oxidation sites excluding steroid dienone is 2. The zero-order valence-electron chi connectivity index (χ0n) is 28.8. The average molecular weight is 759 g/mol. The summed E-state index contributed by atoms with van der Waals surface area (Å²) in [5, 5.41) is 19.9. The molecule has 2 saturated heterocycles. The second kappa shape index (κ2) is 12.7. The lowest BCUT2D eigenvalue weighted by atomic mass is 9.51. The number of rotatable bonds is 6. The second-order valence-corrected chi connectivity index (χ2v) is 15.3. The molecule has 6 atom stereocenters. The summed E-state index contributed by atoms with van der Waals surface area (Å²) in [6.07, 6.45) is 2.50. The van der Waals surface area contributed by atoms with Gasteiger partial charge in [-0.2, -0.15) is 10.2 Å². The van der Waals surface area contributed by atoms with Gasteiger partial charge in [-0.1, -0.05) is 45.8 Å². The van der Waals surface area contributed by atoms with Gasteiger partial charge in [0.2, 0.25) is 23.6 Å². The number of phenolic OH excluding ortho intramolecular Hbond substituents is 1. The molecule has 4 aromatic rings. The predicted octanol–water partition coefficient (Wildman–Crippen LogP) is 8.07. The first-order valence-corrected chi connectivity index (χ1v) is 18.1. The number of anilines is 3. The molecule has 1 saturated carbocycles. The fourth-order valence-corrected chi connectivity index (χ4v) is 9.17. The predicted molar refractivity (Wildman–Crippen MR) is 201 cm³/mol. The normalized spacial score (nSPS) is 26.8. The highest BCUT2D eigenvalue weighted by Crippen LogP contribution is 2.64. The minimum absolute atomic E-state index is 0.00599. The zero-order chi connectivity index (χ0) is 36.5. The maximum Gasteiger partial charge on any atom is 0.241 e. The van der Waals surface area contributed by atoms with E-state index in [9.17, 15) is 24.3 Å². The van der Waals surface area contributed by atoms with Crippen molar-refractivity contribution in [2.75, 3.05) is 28.8 Å². The Labute approximate surface area is 309 Å². The summed E-state index contributed by atoms with van der Waals surface area (Å²) in [6.45, 7) is 1.81. The van der Waals surface area contributed by atoms with Gasteiger partial charge in [0.15, 0.2) is 0 Å². The zero-order valence-corrected chi connectivity index (χ0v) is 30.4. The van der Waals surface area contributed by atoms with Gasteiger partial charge in [0.1, 0.15) is 5.75 Å². The molecule has 4 aromatic carbocycles. The number of carbonyl (C=O) groups excluding carboxylic acids is 4. The third-order valence-electron chi connectivity index (χ3n) is 11.3. The molecular weight excluding hydrogens is 722 g/mol. The molecule has 11 heteroatoms. The molecule has 0 spiro atoms. The van der Waals surface area contributed by atoms with Crippen molar-refractivity contribution in [3.05, 3.63) is 119 Å². The Morgan fingerprint density at radius 1 is 0.769 bits per heavy atom. The summed E-state index contributed by atoms with van der Waals surface area (Å²) in [6, 6.07) is 28.4. The van der Waals surface area contributed by atoms with Crippen molar-refractivity contribution in [1.82, 2.24) is 0 Å². The van der Waals surface area contributed by atoms with Crippen molar-refractivity contribution in [3.8, 4) is 5.75 Å². The van der Waals surface area contributed by atoms with E-state index in [-0.39, 0.29) is 35.8 Å². The number of azo groups is 1. The molecule has 0 radical (unpaired) electrons. The van der Waals surface area contributed by atoms with Crippen LogP contribution in [0.1, 0.15) is 31.2 Å². The van der Waals surface area contributed by atoms with E-state index in [2.05, 4.69) is 26.2 Å². The van der Waals surface area contributed by atoms with E-state index < -0.39 is 35.0 Å². The number of halogens is 1. The topological polar surface area (TPSA) is 123 Å². The summed E-state index contributed by atoms with van der Waals surface area (Å²) in [7, 11) is 3.93. The Hall–Kier alpha value is -5.42. The van der Waals surface area contributed by atoms with E-state index in [1.165, 1.54) is 9.80 Å². The molecule has 3 fully saturated rings. The van der Waals surface area contributed by atoms with Gasteiger partial charge in [-0.25, -0.2) is 4.90 Å². The monoisotopic (exact) mass is 757 g/mol. The lowest BCUT2D eigenvalue weighted by molar-refractivity contribution is -0.131. The quantitative estimate of drug-likeness (QED) is 0.121. The van der Waals surface area contributed by atoms with Crippen molar-refractivity contribution in [1.29, 1.82) is 0 Å². The highest BCUT2D eigenvalue weighted by atomic mass is 79.9. The first-order valence-electron chi connectivity index (χ1n) is 17.3.